The first-order chi connectivity index (χ1) is 17.6. The molecule has 3 N–H and O–H groups in total. The summed E-state index contributed by atoms with van der Waals surface area (Å²) in [5, 5.41) is 9.38. The maximum atomic E-state index is 12.8. The second kappa shape index (κ2) is 12.2. The summed E-state index contributed by atoms with van der Waals surface area (Å²) in [6, 6.07) is 24.9. The van der Waals surface area contributed by atoms with Crippen LogP contribution < -0.4 is 16.0 Å². The van der Waals surface area contributed by atoms with Crippen molar-refractivity contribution in [1.29, 1.82) is 0 Å². The third-order valence-electron chi connectivity index (χ3n) is 6.51. The third-order valence-corrected chi connectivity index (χ3v) is 6.51. The number of urea groups is 1. The molecule has 1 heterocycles. The van der Waals surface area contributed by atoms with Gasteiger partial charge in [0.15, 0.2) is 0 Å². The Kier molecular flexibility index (Phi) is 8.53. The summed E-state index contributed by atoms with van der Waals surface area (Å²) in [6.45, 7) is 7.19. The van der Waals surface area contributed by atoms with E-state index in [0.29, 0.717) is 18.7 Å². The Labute approximate surface area is 213 Å². The van der Waals surface area contributed by atoms with Gasteiger partial charge in [0.05, 0.1) is 5.69 Å². The molecule has 6 nitrogen and oxygen atoms in total. The zero-order chi connectivity index (χ0) is 25.3. The van der Waals surface area contributed by atoms with Crippen LogP contribution in [0.3, 0.4) is 0 Å². The number of benzene rings is 3. The molecule has 0 radical (unpaired) electrons. The second-order valence-electron chi connectivity index (χ2n) is 8.77. The van der Waals surface area contributed by atoms with Crippen molar-refractivity contribution < 1.29 is 9.59 Å². The molecule has 0 bridgehead atoms. The number of rotatable bonds is 7. The number of nitrogens with zero attached hydrogens (tertiary/aromatic N) is 1. The Balaban J connectivity index is 1.68. The zero-order valence-corrected chi connectivity index (χ0v) is 21.0. The van der Waals surface area contributed by atoms with E-state index in [-0.39, 0.29) is 11.9 Å². The maximum Gasteiger partial charge on any atom is 0.323 e. The zero-order valence-electron chi connectivity index (χ0n) is 21.0. The van der Waals surface area contributed by atoms with Gasteiger partial charge in [-0.2, -0.15) is 0 Å². The highest BCUT2D eigenvalue weighted by atomic mass is 16.2. The van der Waals surface area contributed by atoms with Crippen LogP contribution in [-0.4, -0.2) is 43.0 Å². The minimum absolute atomic E-state index is 0.0438. The van der Waals surface area contributed by atoms with Gasteiger partial charge in [-0.15, -0.1) is 0 Å². The molecule has 3 aromatic rings. The molecule has 1 saturated heterocycles. The molecule has 0 unspecified atom stereocenters. The van der Waals surface area contributed by atoms with Crippen molar-refractivity contribution in [2.24, 2.45) is 0 Å². The molecule has 0 aliphatic carbocycles. The van der Waals surface area contributed by atoms with E-state index in [1.54, 1.807) is 0 Å². The summed E-state index contributed by atoms with van der Waals surface area (Å²) in [5.41, 5.74) is 6.64. The fourth-order valence-electron chi connectivity index (χ4n) is 4.62. The summed E-state index contributed by atoms with van der Waals surface area (Å²) < 4.78 is 0. The number of amides is 3. The van der Waals surface area contributed by atoms with Gasteiger partial charge in [-0.1, -0.05) is 54.1 Å². The minimum Gasteiger partial charge on any atom is -0.339 e. The predicted octanol–water partition coefficient (Wildman–Crippen LogP) is 6.00. The lowest BCUT2D eigenvalue weighted by molar-refractivity contribution is 0.0773. The lowest BCUT2D eigenvalue weighted by atomic mass is 9.87. The smallest absolute Gasteiger partial charge is 0.323 e. The molecule has 3 amide bonds. The van der Waals surface area contributed by atoms with Crippen molar-refractivity contribution in [2.75, 3.05) is 36.8 Å². The van der Waals surface area contributed by atoms with E-state index in [4.69, 9.17) is 0 Å². The lowest BCUT2D eigenvalue weighted by Gasteiger charge is -2.23. The molecule has 4 rings (SSSR count). The van der Waals surface area contributed by atoms with E-state index in [0.717, 1.165) is 54.0 Å². The SMILES string of the molecule is CCN(CC)C(=O)c1ccc(C(=C2CCNCC2)c2ccccc2NC(=O)Nc2ccccc2)cc1. The Bertz CT molecular complexity index is 1210. The molecule has 0 atom stereocenters. The van der Waals surface area contributed by atoms with Crippen LogP contribution >= 0.6 is 0 Å². The summed E-state index contributed by atoms with van der Waals surface area (Å²) in [6.07, 6.45) is 1.86. The molecule has 0 saturated carbocycles. The van der Waals surface area contributed by atoms with E-state index in [1.807, 2.05) is 91.5 Å². The molecule has 1 fully saturated rings. The van der Waals surface area contributed by atoms with Gasteiger partial charge in [-0.3, -0.25) is 4.79 Å². The number of carbonyl (C=O) groups excluding carboxylic acids is 2. The molecule has 1 aliphatic rings. The Hall–Kier alpha value is -3.90. The fraction of sp³-hybridized carbons (Fsp3) is 0.267. The van der Waals surface area contributed by atoms with Crippen molar-refractivity contribution in [2.45, 2.75) is 26.7 Å². The van der Waals surface area contributed by atoms with Gasteiger partial charge in [-0.25, -0.2) is 4.79 Å². The largest absolute Gasteiger partial charge is 0.339 e. The van der Waals surface area contributed by atoms with Crippen LogP contribution in [0, 0.1) is 0 Å². The Morgan fingerprint density at radius 1 is 0.778 bits per heavy atom. The third kappa shape index (κ3) is 6.01. The van der Waals surface area contributed by atoms with Gasteiger partial charge in [0.25, 0.3) is 5.91 Å². The highest BCUT2D eigenvalue weighted by molar-refractivity contribution is 6.03. The standard InChI is InChI=1S/C30H34N4O2/c1-3-34(4-2)29(35)24-16-14-22(15-17-24)28(23-18-20-31-21-19-23)26-12-8-9-13-27(26)33-30(36)32-25-10-6-5-7-11-25/h5-17,31H,3-4,18-21H2,1-2H3,(H2,32,33,36). The number of hydrogen-bond acceptors (Lipinski definition) is 3. The minimum atomic E-state index is -0.288. The number of piperidine rings is 1. The number of anilines is 2. The number of nitrogens with one attached hydrogen (secondary N) is 3. The van der Waals surface area contributed by atoms with E-state index < -0.39 is 0 Å². The van der Waals surface area contributed by atoms with Crippen LogP contribution in [0.5, 0.6) is 0 Å². The molecule has 36 heavy (non-hydrogen) atoms. The average Bonchev–Trinajstić information content (AvgIpc) is 2.92. The molecule has 0 aromatic heterocycles. The Morgan fingerprint density at radius 2 is 1.39 bits per heavy atom. The van der Waals surface area contributed by atoms with Gasteiger partial charge >= 0.3 is 6.03 Å². The second-order valence-corrected chi connectivity index (χ2v) is 8.77. The van der Waals surface area contributed by atoms with Crippen molar-refractivity contribution in [1.82, 2.24) is 10.2 Å². The summed E-state index contributed by atoms with van der Waals surface area (Å²) in [4.78, 5) is 27.5. The van der Waals surface area contributed by atoms with Gasteiger partial charge < -0.3 is 20.9 Å². The quantitative estimate of drug-likeness (QED) is 0.387. The first-order valence-electron chi connectivity index (χ1n) is 12.7. The summed E-state index contributed by atoms with van der Waals surface area (Å²) in [5.74, 6) is 0.0438. The molecule has 186 valence electrons. The first kappa shape index (κ1) is 25.2. The predicted molar refractivity (Wildman–Crippen MR) is 147 cm³/mol. The van der Waals surface area contributed by atoms with Gasteiger partial charge in [0, 0.05) is 29.9 Å². The van der Waals surface area contributed by atoms with Crippen LogP contribution in [0.2, 0.25) is 0 Å². The van der Waals surface area contributed by atoms with Crippen LogP contribution in [-0.2, 0) is 0 Å². The van der Waals surface area contributed by atoms with Crippen LogP contribution in [0.1, 0.15) is 48.2 Å². The van der Waals surface area contributed by atoms with Crippen LogP contribution in [0.25, 0.3) is 5.57 Å². The monoisotopic (exact) mass is 482 g/mol. The van der Waals surface area contributed by atoms with E-state index in [1.165, 1.54) is 5.57 Å². The van der Waals surface area contributed by atoms with Gasteiger partial charge in [0.2, 0.25) is 0 Å². The highest BCUT2D eigenvalue weighted by Gasteiger charge is 2.19. The molecule has 0 spiro atoms. The number of para-hydroxylation sites is 2. The van der Waals surface area contributed by atoms with Crippen molar-refractivity contribution in [3.8, 4) is 0 Å². The van der Waals surface area contributed by atoms with Crippen LogP contribution in [0.4, 0.5) is 16.2 Å². The summed E-state index contributed by atoms with van der Waals surface area (Å²) >= 11 is 0. The topological polar surface area (TPSA) is 73.5 Å². The average molecular weight is 483 g/mol. The van der Waals surface area contributed by atoms with Crippen molar-refractivity contribution in [3.63, 3.8) is 0 Å². The normalized spacial score (nSPS) is 13.1. The Morgan fingerprint density at radius 3 is 2.06 bits per heavy atom. The molecule has 6 heteroatoms. The van der Waals surface area contributed by atoms with E-state index >= 15 is 0 Å². The highest BCUT2D eigenvalue weighted by Crippen LogP contribution is 2.35. The maximum absolute atomic E-state index is 12.8. The van der Waals surface area contributed by atoms with Crippen molar-refractivity contribution >= 4 is 28.9 Å². The lowest BCUT2D eigenvalue weighted by Crippen LogP contribution is -2.30. The van der Waals surface area contributed by atoms with Gasteiger partial charge in [-0.05, 0) is 81.2 Å². The molecule has 3 aromatic carbocycles. The fourth-order valence-corrected chi connectivity index (χ4v) is 4.62. The molecular weight excluding hydrogens is 448 g/mol. The first-order valence-corrected chi connectivity index (χ1v) is 12.7. The number of carbonyl (C=O) groups is 2. The molecule has 1 aliphatic heterocycles. The van der Waals surface area contributed by atoms with Crippen LogP contribution in [0.15, 0.2) is 84.4 Å². The summed E-state index contributed by atoms with van der Waals surface area (Å²) in [7, 11) is 0. The van der Waals surface area contributed by atoms with E-state index in [9.17, 15) is 9.59 Å². The molecular formula is C30H34N4O2. The van der Waals surface area contributed by atoms with E-state index in [2.05, 4.69) is 22.0 Å². The van der Waals surface area contributed by atoms with Gasteiger partial charge in [0.1, 0.15) is 0 Å². The number of hydrogen-bond donors (Lipinski definition) is 3. The van der Waals surface area contributed by atoms with Crippen molar-refractivity contribution in [3.05, 3.63) is 101 Å².